The van der Waals surface area contributed by atoms with Gasteiger partial charge in [0.15, 0.2) is 17.1 Å². The maximum atomic E-state index is 14.6. The minimum Gasteiger partial charge on any atom is -0.493 e. The number of benzene rings is 5. The van der Waals surface area contributed by atoms with Crippen molar-refractivity contribution in [3.8, 4) is 28.4 Å². The molecule has 4 aliphatic rings. The summed E-state index contributed by atoms with van der Waals surface area (Å²) in [6, 6.07) is 27.5. The van der Waals surface area contributed by atoms with Crippen LogP contribution >= 0.6 is 11.8 Å². The summed E-state index contributed by atoms with van der Waals surface area (Å²) in [6.45, 7) is 6.55. The lowest BCUT2D eigenvalue weighted by Gasteiger charge is -2.47. The molecule has 0 aromatic heterocycles. The number of thioether (sulfide) groups is 1. The molecule has 5 aromatic rings. The summed E-state index contributed by atoms with van der Waals surface area (Å²) in [5, 5.41) is 1.71. The van der Waals surface area contributed by atoms with Crippen LogP contribution in [0, 0.1) is 5.41 Å². The maximum absolute atomic E-state index is 14.6. The number of halogens is 3. The molecule has 1 saturated carbocycles. The fourth-order valence-electron chi connectivity index (χ4n) is 10.3. The van der Waals surface area contributed by atoms with Crippen LogP contribution in [0.5, 0.6) is 17.2 Å². The Labute approximate surface area is 332 Å². The molecule has 9 rings (SSSR count). The molecule has 1 saturated heterocycles. The Hall–Kier alpha value is -4.56. The first kappa shape index (κ1) is 37.0. The van der Waals surface area contributed by atoms with Crippen LogP contribution in [0.3, 0.4) is 0 Å². The van der Waals surface area contributed by atoms with Gasteiger partial charge in [-0.15, -0.1) is 0 Å². The summed E-state index contributed by atoms with van der Waals surface area (Å²) in [6.07, 6.45) is 5.41. The van der Waals surface area contributed by atoms with Crippen molar-refractivity contribution in [3.05, 3.63) is 124 Å². The van der Waals surface area contributed by atoms with Gasteiger partial charge in [-0.05, 0) is 101 Å². The SMILES string of the molecule is CCC1(CC)CCC2(CC1)c1cc(C(F)(F)F)ccc1-c1c2c2c(c3cc(OC)c(OC)cc13)OC(c1ccccc1)(c1ccc(N3CCSCC3)cc1)C=C2. The van der Waals surface area contributed by atoms with Crippen LogP contribution in [0.25, 0.3) is 28.0 Å². The summed E-state index contributed by atoms with van der Waals surface area (Å²) in [7, 11) is 3.25. The van der Waals surface area contributed by atoms with E-state index < -0.39 is 22.8 Å². The number of anilines is 1. The second-order valence-corrected chi connectivity index (χ2v) is 17.2. The summed E-state index contributed by atoms with van der Waals surface area (Å²) in [4.78, 5) is 2.44. The van der Waals surface area contributed by atoms with Crippen molar-refractivity contribution in [1.29, 1.82) is 0 Å². The van der Waals surface area contributed by atoms with Crippen LogP contribution in [0.4, 0.5) is 18.9 Å². The lowest BCUT2D eigenvalue weighted by atomic mass is 9.58. The van der Waals surface area contributed by atoms with Crippen LogP contribution in [0.15, 0.2) is 91.0 Å². The molecule has 0 radical (unpaired) electrons. The molecule has 4 nitrogen and oxygen atoms in total. The summed E-state index contributed by atoms with van der Waals surface area (Å²) >= 11 is 1.99. The zero-order chi connectivity index (χ0) is 38.9. The van der Waals surface area contributed by atoms with E-state index in [9.17, 15) is 13.2 Å². The molecule has 0 amide bonds. The van der Waals surface area contributed by atoms with Gasteiger partial charge < -0.3 is 19.1 Å². The first-order valence-corrected chi connectivity index (χ1v) is 21.1. The first-order valence-electron chi connectivity index (χ1n) is 20.0. The number of rotatable bonds is 7. The molecular formula is C48H48F3NO3S. The van der Waals surface area contributed by atoms with E-state index in [4.69, 9.17) is 14.2 Å². The zero-order valence-electron chi connectivity index (χ0n) is 32.5. The van der Waals surface area contributed by atoms with Gasteiger partial charge in [0.2, 0.25) is 0 Å². The molecule has 1 spiro atoms. The Morgan fingerprint density at radius 1 is 0.768 bits per heavy atom. The number of alkyl halides is 3. The van der Waals surface area contributed by atoms with E-state index in [1.807, 2.05) is 42.1 Å². The maximum Gasteiger partial charge on any atom is 0.416 e. The highest BCUT2D eigenvalue weighted by atomic mass is 32.2. The van der Waals surface area contributed by atoms with E-state index in [0.29, 0.717) is 17.2 Å². The Bertz CT molecular complexity index is 2320. The number of hydrogen-bond donors (Lipinski definition) is 0. The van der Waals surface area contributed by atoms with Gasteiger partial charge in [0.05, 0.1) is 19.8 Å². The summed E-state index contributed by atoms with van der Waals surface area (Å²) in [5.41, 5.74) is 5.72. The molecule has 2 aliphatic carbocycles. The molecule has 5 aromatic carbocycles. The van der Waals surface area contributed by atoms with E-state index >= 15 is 0 Å². The van der Waals surface area contributed by atoms with Crippen LogP contribution in [-0.2, 0) is 17.2 Å². The number of nitrogens with zero attached hydrogens (tertiary/aromatic N) is 1. The predicted molar refractivity (Wildman–Crippen MR) is 223 cm³/mol. The minimum absolute atomic E-state index is 0.164. The van der Waals surface area contributed by atoms with Crippen LogP contribution in [0.2, 0.25) is 0 Å². The van der Waals surface area contributed by atoms with Gasteiger partial charge in [-0.25, -0.2) is 0 Å². The summed E-state index contributed by atoms with van der Waals surface area (Å²) < 4.78 is 63.1. The molecule has 0 bridgehead atoms. The number of fused-ring (bicyclic) bond motifs is 10. The van der Waals surface area contributed by atoms with E-state index in [2.05, 4.69) is 67.3 Å². The molecular weight excluding hydrogens is 728 g/mol. The molecule has 290 valence electrons. The molecule has 2 heterocycles. The van der Waals surface area contributed by atoms with Crippen molar-refractivity contribution < 1.29 is 27.4 Å². The number of methoxy groups -OCH3 is 2. The Kier molecular flexibility index (Phi) is 9.14. The third-order valence-electron chi connectivity index (χ3n) is 13.7. The van der Waals surface area contributed by atoms with Gasteiger partial charge in [0, 0.05) is 57.8 Å². The van der Waals surface area contributed by atoms with Crippen molar-refractivity contribution in [2.75, 3.05) is 43.7 Å². The van der Waals surface area contributed by atoms with E-state index in [-0.39, 0.29) is 5.41 Å². The fourth-order valence-corrected chi connectivity index (χ4v) is 11.2. The van der Waals surface area contributed by atoms with Gasteiger partial charge in [-0.3, -0.25) is 0 Å². The quantitative estimate of drug-likeness (QED) is 0.164. The van der Waals surface area contributed by atoms with Gasteiger partial charge in [-0.1, -0.05) is 81.3 Å². The molecule has 0 N–H and O–H groups in total. The largest absolute Gasteiger partial charge is 0.493 e. The second kappa shape index (κ2) is 13.8. The van der Waals surface area contributed by atoms with E-state index in [0.717, 1.165) is 113 Å². The topological polar surface area (TPSA) is 30.9 Å². The van der Waals surface area contributed by atoms with Crippen LogP contribution < -0.4 is 19.1 Å². The number of ether oxygens (including phenoxy) is 3. The van der Waals surface area contributed by atoms with Crippen molar-refractivity contribution in [1.82, 2.24) is 0 Å². The normalized spacial score (nSPS) is 20.7. The van der Waals surface area contributed by atoms with Crippen LogP contribution in [-0.4, -0.2) is 38.8 Å². The van der Waals surface area contributed by atoms with Crippen molar-refractivity contribution in [3.63, 3.8) is 0 Å². The zero-order valence-corrected chi connectivity index (χ0v) is 33.3. The average Bonchev–Trinajstić information content (AvgIpc) is 3.53. The highest BCUT2D eigenvalue weighted by Crippen LogP contribution is 2.65. The van der Waals surface area contributed by atoms with Gasteiger partial charge in [-0.2, -0.15) is 24.9 Å². The van der Waals surface area contributed by atoms with Crippen molar-refractivity contribution >= 4 is 34.3 Å². The van der Waals surface area contributed by atoms with Crippen LogP contribution in [0.1, 0.15) is 85.8 Å². The Morgan fingerprint density at radius 2 is 1.41 bits per heavy atom. The monoisotopic (exact) mass is 775 g/mol. The molecule has 8 heteroatoms. The van der Waals surface area contributed by atoms with E-state index in [1.165, 1.54) is 17.8 Å². The highest BCUT2D eigenvalue weighted by molar-refractivity contribution is 7.99. The Balaban J connectivity index is 1.32. The number of hydrogen-bond acceptors (Lipinski definition) is 5. The Morgan fingerprint density at radius 3 is 2.04 bits per heavy atom. The second-order valence-electron chi connectivity index (χ2n) is 16.0. The highest BCUT2D eigenvalue weighted by Gasteiger charge is 2.52. The van der Waals surface area contributed by atoms with Gasteiger partial charge >= 0.3 is 6.18 Å². The lowest BCUT2D eigenvalue weighted by Crippen LogP contribution is -2.38. The third-order valence-corrected chi connectivity index (χ3v) is 14.6. The van der Waals surface area contributed by atoms with Gasteiger partial charge in [0.1, 0.15) is 5.75 Å². The molecule has 2 aliphatic heterocycles. The molecule has 1 unspecified atom stereocenters. The third kappa shape index (κ3) is 5.64. The predicted octanol–water partition coefficient (Wildman–Crippen LogP) is 12.4. The lowest BCUT2D eigenvalue weighted by molar-refractivity contribution is -0.137. The van der Waals surface area contributed by atoms with Crippen molar-refractivity contribution in [2.24, 2.45) is 5.41 Å². The summed E-state index contributed by atoms with van der Waals surface area (Å²) in [5.74, 6) is 4.05. The molecule has 2 fully saturated rings. The first-order chi connectivity index (χ1) is 27.1. The minimum atomic E-state index is -4.46. The van der Waals surface area contributed by atoms with E-state index in [1.54, 1.807) is 20.3 Å². The van der Waals surface area contributed by atoms with Gasteiger partial charge in [0.25, 0.3) is 0 Å². The smallest absolute Gasteiger partial charge is 0.416 e. The van der Waals surface area contributed by atoms with Crippen molar-refractivity contribution in [2.45, 2.75) is 69.6 Å². The molecule has 1 atom stereocenters. The standard InChI is InChI=1S/C48H48F3NO3S/c1-5-45(6-2)20-22-46(23-21-45)39-28-33(48(49,50)51)14-17-35(39)42-37-29-40(53-3)41(54-4)30-38(37)44-36(43(42)46)18-19-47(55-44,31-10-8-7-9-11-31)32-12-15-34(16-13-32)52-24-26-56-27-25-52/h7-19,28-30H,5-6,20-27H2,1-4H3. The average molecular weight is 776 g/mol. The fraction of sp³-hybridized carbons (Fsp3) is 0.375. The molecule has 56 heavy (non-hydrogen) atoms.